The monoisotopic (exact) mass is 377 g/mol. The Morgan fingerprint density at radius 3 is 2.48 bits per heavy atom. The smallest absolute Gasteiger partial charge is 0.316 e. The molecular formula is C16H21Cl2NO3S. The van der Waals surface area contributed by atoms with Crippen molar-refractivity contribution in [3.8, 4) is 0 Å². The second-order valence-corrected chi connectivity index (χ2v) is 7.91. The minimum Gasteiger partial charge on any atom is -0.452 e. The number of hydrogen-bond acceptors (Lipinski definition) is 4. The minimum atomic E-state index is -0.813. The van der Waals surface area contributed by atoms with Crippen LogP contribution in [0.1, 0.15) is 33.3 Å². The first kappa shape index (κ1) is 20.1. The van der Waals surface area contributed by atoms with E-state index in [4.69, 9.17) is 27.9 Å². The van der Waals surface area contributed by atoms with Crippen LogP contribution in [0.5, 0.6) is 0 Å². The highest BCUT2D eigenvalue weighted by molar-refractivity contribution is 7.99. The molecule has 0 aliphatic heterocycles. The van der Waals surface area contributed by atoms with Crippen LogP contribution in [0.15, 0.2) is 18.2 Å². The third-order valence-corrected chi connectivity index (χ3v) is 4.36. The molecule has 1 aromatic carbocycles. The lowest BCUT2D eigenvalue weighted by atomic mass is 10.1. The summed E-state index contributed by atoms with van der Waals surface area (Å²) in [6.07, 6.45) is -0.813. The van der Waals surface area contributed by atoms with Gasteiger partial charge in [0.2, 0.25) is 0 Å². The van der Waals surface area contributed by atoms with E-state index in [9.17, 15) is 9.59 Å². The summed E-state index contributed by atoms with van der Waals surface area (Å²) < 4.78 is 5.12. The number of thioether (sulfide) groups is 1. The van der Waals surface area contributed by atoms with E-state index in [0.717, 1.165) is 5.56 Å². The number of halogens is 2. The van der Waals surface area contributed by atoms with Gasteiger partial charge in [0.05, 0.1) is 15.8 Å². The molecule has 0 unspecified atom stereocenters. The lowest BCUT2D eigenvalue weighted by Gasteiger charge is -2.23. The molecule has 1 rings (SSSR count). The Kier molecular flexibility index (Phi) is 7.71. The predicted molar refractivity (Wildman–Crippen MR) is 96.1 cm³/mol. The van der Waals surface area contributed by atoms with Gasteiger partial charge in [0.1, 0.15) is 0 Å². The molecule has 0 saturated heterocycles. The van der Waals surface area contributed by atoms with E-state index in [1.165, 1.54) is 11.8 Å². The topological polar surface area (TPSA) is 55.4 Å². The van der Waals surface area contributed by atoms with E-state index < -0.39 is 12.1 Å². The van der Waals surface area contributed by atoms with Crippen molar-refractivity contribution in [1.29, 1.82) is 0 Å². The van der Waals surface area contributed by atoms with Gasteiger partial charge in [0.25, 0.3) is 5.91 Å². The molecule has 0 bridgehead atoms. The summed E-state index contributed by atoms with van der Waals surface area (Å²) in [5, 5.41) is 3.75. The maximum atomic E-state index is 11.8. The van der Waals surface area contributed by atoms with Crippen molar-refractivity contribution in [3.05, 3.63) is 33.8 Å². The van der Waals surface area contributed by atoms with Crippen molar-refractivity contribution >= 4 is 46.8 Å². The van der Waals surface area contributed by atoms with E-state index in [-0.39, 0.29) is 17.2 Å². The largest absolute Gasteiger partial charge is 0.452 e. The second-order valence-electron chi connectivity index (χ2n) is 6.11. The molecule has 1 aromatic rings. The normalized spacial score (nSPS) is 12.6. The van der Waals surface area contributed by atoms with Gasteiger partial charge in [-0.3, -0.25) is 9.59 Å². The Labute approximate surface area is 151 Å². The van der Waals surface area contributed by atoms with Gasteiger partial charge in [-0.1, -0.05) is 29.3 Å². The fraction of sp³-hybridized carbons (Fsp3) is 0.500. The average molecular weight is 378 g/mol. The van der Waals surface area contributed by atoms with Crippen LogP contribution in [-0.2, 0) is 20.1 Å². The maximum absolute atomic E-state index is 11.8. The van der Waals surface area contributed by atoms with Gasteiger partial charge in [-0.15, -0.1) is 11.8 Å². The summed E-state index contributed by atoms with van der Waals surface area (Å²) in [6.45, 7) is 7.16. The van der Waals surface area contributed by atoms with Crippen molar-refractivity contribution < 1.29 is 14.3 Å². The first-order chi connectivity index (χ1) is 10.6. The summed E-state index contributed by atoms with van der Waals surface area (Å²) in [5.41, 5.74) is 0.608. The Morgan fingerprint density at radius 2 is 1.91 bits per heavy atom. The predicted octanol–water partition coefficient (Wildman–Crippen LogP) is 4.07. The quantitative estimate of drug-likeness (QED) is 0.758. The summed E-state index contributed by atoms with van der Waals surface area (Å²) in [4.78, 5) is 23.6. The highest BCUT2D eigenvalue weighted by atomic mass is 35.5. The van der Waals surface area contributed by atoms with Gasteiger partial charge in [-0.25, -0.2) is 0 Å². The number of ether oxygens (including phenoxy) is 1. The van der Waals surface area contributed by atoms with E-state index in [0.29, 0.717) is 15.8 Å². The summed E-state index contributed by atoms with van der Waals surface area (Å²) >= 11 is 13.2. The molecule has 0 aromatic heterocycles. The van der Waals surface area contributed by atoms with E-state index in [1.54, 1.807) is 19.1 Å². The van der Waals surface area contributed by atoms with Crippen LogP contribution < -0.4 is 5.32 Å². The lowest BCUT2D eigenvalue weighted by Crippen LogP contribution is -2.46. The van der Waals surface area contributed by atoms with Crippen LogP contribution in [0, 0.1) is 0 Å². The van der Waals surface area contributed by atoms with E-state index >= 15 is 0 Å². The number of benzene rings is 1. The summed E-state index contributed by atoms with van der Waals surface area (Å²) in [7, 11) is 0. The van der Waals surface area contributed by atoms with Crippen LogP contribution in [0.3, 0.4) is 0 Å². The molecule has 0 aliphatic rings. The number of nitrogens with one attached hydrogen (secondary N) is 1. The molecule has 0 fully saturated rings. The molecule has 4 nitrogen and oxygen atoms in total. The Morgan fingerprint density at radius 1 is 1.26 bits per heavy atom. The number of rotatable bonds is 6. The molecule has 0 saturated carbocycles. The fourth-order valence-electron chi connectivity index (χ4n) is 1.64. The second kappa shape index (κ2) is 8.81. The van der Waals surface area contributed by atoms with Crippen molar-refractivity contribution in [2.75, 3.05) is 5.75 Å². The molecule has 7 heteroatoms. The van der Waals surface area contributed by atoms with Gasteiger partial charge >= 0.3 is 5.97 Å². The summed E-state index contributed by atoms with van der Waals surface area (Å²) in [5.74, 6) is 0.0361. The molecule has 1 atom stereocenters. The van der Waals surface area contributed by atoms with Crippen LogP contribution in [0.2, 0.25) is 10.0 Å². The van der Waals surface area contributed by atoms with Crippen LogP contribution in [-0.4, -0.2) is 29.3 Å². The Hall–Kier alpha value is -0.910. The minimum absolute atomic E-state index is 0.160. The number of hydrogen-bond donors (Lipinski definition) is 1. The van der Waals surface area contributed by atoms with Crippen molar-refractivity contribution in [2.45, 2.75) is 45.1 Å². The summed E-state index contributed by atoms with van der Waals surface area (Å²) in [6, 6.07) is 5.34. The van der Waals surface area contributed by atoms with Crippen LogP contribution >= 0.6 is 35.0 Å². The van der Waals surface area contributed by atoms with Gasteiger partial charge in [-0.2, -0.15) is 0 Å². The maximum Gasteiger partial charge on any atom is 0.316 e. The standard InChI is InChI=1S/C16H21Cl2NO3S/c1-10(15(21)19-16(2,3)4)22-14(20)9-23-8-11-5-6-12(17)13(18)7-11/h5-7,10H,8-9H2,1-4H3,(H,19,21)/t10-/m0/s1. The third kappa shape index (κ3) is 7.95. The molecule has 0 heterocycles. The SMILES string of the molecule is C[C@H](OC(=O)CSCc1ccc(Cl)c(Cl)c1)C(=O)NC(C)(C)C. The molecule has 1 N–H and O–H groups in total. The molecule has 0 aliphatic carbocycles. The first-order valence-corrected chi connectivity index (χ1v) is 9.03. The lowest BCUT2D eigenvalue weighted by molar-refractivity contribution is -0.152. The number of carbonyl (C=O) groups excluding carboxylic acids is 2. The van der Waals surface area contributed by atoms with Crippen molar-refractivity contribution in [3.63, 3.8) is 0 Å². The van der Waals surface area contributed by atoms with E-state index in [1.807, 2.05) is 26.8 Å². The number of esters is 1. The van der Waals surface area contributed by atoms with Crippen molar-refractivity contribution in [2.24, 2.45) is 0 Å². The highest BCUT2D eigenvalue weighted by Gasteiger charge is 2.22. The Balaban J connectivity index is 2.36. The number of carbonyl (C=O) groups is 2. The fourth-order valence-corrected chi connectivity index (χ4v) is 2.71. The molecular weight excluding hydrogens is 357 g/mol. The molecule has 0 spiro atoms. The first-order valence-electron chi connectivity index (χ1n) is 7.11. The highest BCUT2D eigenvalue weighted by Crippen LogP contribution is 2.24. The molecule has 128 valence electrons. The van der Waals surface area contributed by atoms with Crippen LogP contribution in [0.25, 0.3) is 0 Å². The molecule has 1 amide bonds. The Bertz CT molecular complexity index is 573. The zero-order valence-corrected chi connectivity index (χ0v) is 15.9. The van der Waals surface area contributed by atoms with Gasteiger partial charge in [-0.05, 0) is 45.4 Å². The zero-order valence-electron chi connectivity index (χ0n) is 13.6. The molecule has 0 radical (unpaired) electrons. The zero-order chi connectivity index (χ0) is 17.6. The van der Waals surface area contributed by atoms with E-state index in [2.05, 4.69) is 5.32 Å². The van der Waals surface area contributed by atoms with Gasteiger partial charge in [0, 0.05) is 11.3 Å². The molecule has 23 heavy (non-hydrogen) atoms. The van der Waals surface area contributed by atoms with Crippen molar-refractivity contribution in [1.82, 2.24) is 5.32 Å². The van der Waals surface area contributed by atoms with Gasteiger partial charge < -0.3 is 10.1 Å². The third-order valence-electron chi connectivity index (χ3n) is 2.65. The number of amides is 1. The average Bonchev–Trinajstić information content (AvgIpc) is 2.40. The van der Waals surface area contributed by atoms with Gasteiger partial charge in [0.15, 0.2) is 6.10 Å². The van der Waals surface area contributed by atoms with Crippen LogP contribution in [0.4, 0.5) is 0 Å².